The average molecular weight is 140 g/mol. The molecule has 0 aliphatic heterocycles. The van der Waals surface area contributed by atoms with Gasteiger partial charge in [-0.15, -0.1) is 12.4 Å². The SMILES string of the molecule is Cl.[F][Zn][F]. The summed E-state index contributed by atoms with van der Waals surface area (Å²) >= 11 is -2.88. The maximum atomic E-state index is 9.81. The summed E-state index contributed by atoms with van der Waals surface area (Å²) < 4.78 is 19.6. The first-order valence-corrected chi connectivity index (χ1v) is 2.78. The summed E-state index contributed by atoms with van der Waals surface area (Å²) in [5.74, 6) is 0. The molecule has 0 aromatic rings. The standard InChI is InChI=1S/ClH.2FH.Zn/h3*1H;/q;;;+2/p-2. The Kier molecular flexibility index (Phi) is 20.4. The summed E-state index contributed by atoms with van der Waals surface area (Å²) in [5, 5.41) is 0. The monoisotopic (exact) mass is 138 g/mol. The summed E-state index contributed by atoms with van der Waals surface area (Å²) in [6.07, 6.45) is 0. The molecule has 4 heavy (non-hydrogen) atoms. The predicted molar refractivity (Wildman–Crippen MR) is 9.46 cm³/mol. The first-order valence-electron chi connectivity index (χ1n) is 0.535. The molecule has 0 aromatic heterocycles. The first kappa shape index (κ1) is 8.84. The van der Waals surface area contributed by atoms with Crippen molar-refractivity contribution in [1.29, 1.82) is 0 Å². The van der Waals surface area contributed by atoms with Crippen molar-refractivity contribution in [1.82, 2.24) is 0 Å². The average Bonchev–Trinajstić information content (AvgIpc) is 0.918. The molecule has 0 nitrogen and oxygen atoms in total. The van der Waals surface area contributed by atoms with Crippen molar-refractivity contribution in [2.45, 2.75) is 0 Å². The number of halogens is 3. The van der Waals surface area contributed by atoms with Gasteiger partial charge in [-0.2, -0.15) is 0 Å². The van der Waals surface area contributed by atoms with Gasteiger partial charge in [0, 0.05) is 0 Å². The molecule has 0 amide bonds. The topological polar surface area (TPSA) is 0 Å². The van der Waals surface area contributed by atoms with Gasteiger partial charge in [0.1, 0.15) is 0 Å². The molecule has 0 rings (SSSR count). The van der Waals surface area contributed by atoms with Gasteiger partial charge >= 0.3 is 24.8 Å². The van der Waals surface area contributed by atoms with Crippen LogP contribution in [-0.4, -0.2) is 0 Å². The van der Waals surface area contributed by atoms with Crippen LogP contribution < -0.4 is 0 Å². The van der Waals surface area contributed by atoms with Gasteiger partial charge in [0.05, 0.1) is 0 Å². The van der Waals surface area contributed by atoms with Crippen molar-refractivity contribution < 1.29 is 24.8 Å². The van der Waals surface area contributed by atoms with E-state index in [4.69, 9.17) is 0 Å². The van der Waals surface area contributed by atoms with Crippen LogP contribution in [0.2, 0.25) is 0 Å². The molecule has 0 aliphatic carbocycles. The summed E-state index contributed by atoms with van der Waals surface area (Å²) in [6, 6.07) is 0. The minimum absolute atomic E-state index is 0. The molecular formula is HClF2Zn. The molecule has 4 heteroatoms. The van der Waals surface area contributed by atoms with Gasteiger partial charge < -0.3 is 0 Å². The molecule has 24 valence electrons. The Hall–Kier alpha value is 0.773. The van der Waals surface area contributed by atoms with Crippen LogP contribution in [0, 0.1) is 0 Å². The molecule has 0 aromatic carbocycles. The van der Waals surface area contributed by atoms with E-state index >= 15 is 0 Å². The van der Waals surface area contributed by atoms with Gasteiger partial charge in [-0.25, -0.2) is 0 Å². The summed E-state index contributed by atoms with van der Waals surface area (Å²) in [4.78, 5) is 0. The molecule has 0 spiro atoms. The fourth-order valence-corrected chi connectivity index (χ4v) is 0. The van der Waals surface area contributed by atoms with Crippen molar-refractivity contribution >= 4 is 12.4 Å². The third-order valence-electron chi connectivity index (χ3n) is 0. The van der Waals surface area contributed by atoms with Crippen LogP contribution in [0.4, 0.5) is 6.63 Å². The van der Waals surface area contributed by atoms with Crippen molar-refractivity contribution in [3.8, 4) is 0 Å². The van der Waals surface area contributed by atoms with E-state index in [0.29, 0.717) is 0 Å². The van der Waals surface area contributed by atoms with Gasteiger partial charge in [-0.05, 0) is 0 Å². The fourth-order valence-electron chi connectivity index (χ4n) is 0. The van der Waals surface area contributed by atoms with Gasteiger partial charge in [-0.1, -0.05) is 0 Å². The van der Waals surface area contributed by atoms with Crippen LogP contribution in [-0.2, 0) is 18.1 Å². The minimum atomic E-state index is -2.88. The van der Waals surface area contributed by atoms with Crippen LogP contribution in [0.3, 0.4) is 0 Å². The van der Waals surface area contributed by atoms with Gasteiger partial charge in [0.2, 0.25) is 0 Å². The van der Waals surface area contributed by atoms with Crippen molar-refractivity contribution in [3.63, 3.8) is 0 Å². The van der Waals surface area contributed by atoms with E-state index in [1.165, 1.54) is 0 Å². The molecule has 0 atom stereocenters. The zero-order chi connectivity index (χ0) is 2.71. The van der Waals surface area contributed by atoms with Crippen LogP contribution in [0.25, 0.3) is 0 Å². The Labute approximate surface area is 37.7 Å². The van der Waals surface area contributed by atoms with Crippen molar-refractivity contribution in [2.24, 2.45) is 0 Å². The molecule has 0 saturated heterocycles. The summed E-state index contributed by atoms with van der Waals surface area (Å²) in [5.41, 5.74) is 0. The molecule has 0 saturated carbocycles. The molecule has 0 heterocycles. The van der Waals surface area contributed by atoms with Crippen LogP contribution in [0.15, 0.2) is 0 Å². The Balaban J connectivity index is 0. The maximum absolute atomic E-state index is 9.81. The van der Waals surface area contributed by atoms with E-state index in [0.717, 1.165) is 0 Å². The zero-order valence-corrected chi connectivity index (χ0v) is 5.65. The van der Waals surface area contributed by atoms with Crippen molar-refractivity contribution in [2.75, 3.05) is 0 Å². The quantitative estimate of drug-likeness (QED) is 0.444. The van der Waals surface area contributed by atoms with E-state index in [2.05, 4.69) is 0 Å². The third-order valence-corrected chi connectivity index (χ3v) is 0. The number of hydrogen-bond donors (Lipinski definition) is 0. The normalized spacial score (nSPS) is 2.50. The Morgan fingerprint density at radius 1 is 1.25 bits per heavy atom. The van der Waals surface area contributed by atoms with E-state index in [1.54, 1.807) is 0 Å². The predicted octanol–water partition coefficient (Wildman–Crippen LogP) is 1.26. The summed E-state index contributed by atoms with van der Waals surface area (Å²) in [6.45, 7) is 0. The van der Waals surface area contributed by atoms with E-state index in [1.807, 2.05) is 0 Å². The van der Waals surface area contributed by atoms with E-state index in [-0.39, 0.29) is 12.4 Å². The summed E-state index contributed by atoms with van der Waals surface area (Å²) in [7, 11) is 0. The molecule has 0 aliphatic rings. The second kappa shape index (κ2) is 9.23. The van der Waals surface area contributed by atoms with Gasteiger partial charge in [-0.3, -0.25) is 0 Å². The van der Waals surface area contributed by atoms with Crippen molar-refractivity contribution in [3.05, 3.63) is 0 Å². The third kappa shape index (κ3) is 14.6. The van der Waals surface area contributed by atoms with Gasteiger partial charge in [0.25, 0.3) is 0 Å². The Morgan fingerprint density at radius 3 is 1.25 bits per heavy atom. The van der Waals surface area contributed by atoms with Gasteiger partial charge in [0.15, 0.2) is 0 Å². The molecule has 0 fully saturated rings. The number of rotatable bonds is 0. The Bertz CT molecular complexity index is 6.00. The number of hydrogen-bond acceptors (Lipinski definition) is 0. The Morgan fingerprint density at radius 2 is 1.25 bits per heavy atom. The van der Waals surface area contributed by atoms with Crippen LogP contribution in [0.1, 0.15) is 0 Å². The molecule has 0 radical (unpaired) electrons. The second-order valence-electron chi connectivity index (χ2n) is 0.101. The molecule has 0 N–H and O–H groups in total. The van der Waals surface area contributed by atoms with Crippen LogP contribution in [0.5, 0.6) is 0 Å². The zero-order valence-electron chi connectivity index (χ0n) is 1.87. The second-order valence-corrected chi connectivity index (χ2v) is 0.525. The first-order chi connectivity index (χ1) is 1.41. The molecular weight excluding hydrogens is 139 g/mol. The fraction of sp³-hybridized carbons (Fsp3) is 0. The van der Waals surface area contributed by atoms with E-state index < -0.39 is 18.1 Å². The molecule has 0 unspecified atom stereocenters. The van der Waals surface area contributed by atoms with Crippen LogP contribution >= 0.6 is 12.4 Å². The molecule has 0 bridgehead atoms. The van der Waals surface area contributed by atoms with E-state index in [9.17, 15) is 6.63 Å².